The summed E-state index contributed by atoms with van der Waals surface area (Å²) in [7, 11) is 0. The Labute approximate surface area is 118 Å². The fourth-order valence-electron chi connectivity index (χ4n) is 1.57. The molecule has 0 saturated carbocycles. The Bertz CT molecular complexity index is 335. The molecule has 0 radical (unpaired) electrons. The van der Waals surface area contributed by atoms with Gasteiger partial charge in [-0.15, -0.1) is 0 Å². The van der Waals surface area contributed by atoms with E-state index in [1.807, 2.05) is 0 Å². The van der Waals surface area contributed by atoms with Crippen LogP contribution >= 0.6 is 0 Å². The number of hydrogen-bond donors (Lipinski definition) is 4. The maximum Gasteiger partial charge on any atom is 0.151 e. The fraction of sp³-hybridized carbons (Fsp3) is 0.571. The Morgan fingerprint density at radius 1 is 0.800 bits per heavy atom. The van der Waals surface area contributed by atoms with E-state index in [9.17, 15) is 0 Å². The molecule has 20 heavy (non-hydrogen) atoms. The number of rotatable bonds is 10. The predicted octanol–water partition coefficient (Wildman–Crippen LogP) is 0.626. The van der Waals surface area contributed by atoms with Crippen LogP contribution in [-0.2, 0) is 0 Å². The molecule has 0 unspecified atom stereocenters. The highest BCUT2D eigenvalue weighted by Gasteiger charge is 2.01. The molecule has 1 rings (SSSR count). The van der Waals surface area contributed by atoms with Gasteiger partial charge in [-0.2, -0.15) is 0 Å². The molecule has 0 aromatic heterocycles. The van der Waals surface area contributed by atoms with Gasteiger partial charge < -0.3 is 29.9 Å². The standard InChI is InChI=1S/C14H22O6/c15-13(16)6-2-8-19-11-4-1-5-12(10-11)20-9-3-7-14(17)18/h1,4-5,10,13-18H,2-3,6-9H2. The first-order valence-corrected chi connectivity index (χ1v) is 6.66. The van der Waals surface area contributed by atoms with E-state index in [4.69, 9.17) is 29.9 Å². The topological polar surface area (TPSA) is 99.4 Å². The van der Waals surface area contributed by atoms with Crippen LogP contribution in [0.1, 0.15) is 25.7 Å². The summed E-state index contributed by atoms with van der Waals surface area (Å²) < 4.78 is 10.9. The van der Waals surface area contributed by atoms with Crippen LogP contribution in [0.5, 0.6) is 11.5 Å². The summed E-state index contributed by atoms with van der Waals surface area (Å²) in [6.45, 7) is 0.801. The van der Waals surface area contributed by atoms with Gasteiger partial charge in [0.25, 0.3) is 0 Å². The summed E-state index contributed by atoms with van der Waals surface area (Å²) in [6, 6.07) is 7.12. The monoisotopic (exact) mass is 286 g/mol. The van der Waals surface area contributed by atoms with Crippen molar-refractivity contribution in [3.8, 4) is 11.5 Å². The van der Waals surface area contributed by atoms with Crippen LogP contribution in [0, 0.1) is 0 Å². The van der Waals surface area contributed by atoms with Crippen molar-refractivity contribution in [1.29, 1.82) is 0 Å². The molecule has 1 aromatic rings. The van der Waals surface area contributed by atoms with Gasteiger partial charge in [-0.05, 0) is 25.0 Å². The lowest BCUT2D eigenvalue weighted by Gasteiger charge is -2.10. The van der Waals surface area contributed by atoms with Crippen molar-refractivity contribution >= 4 is 0 Å². The highest BCUT2D eigenvalue weighted by Crippen LogP contribution is 2.20. The summed E-state index contributed by atoms with van der Waals surface area (Å²) in [6.07, 6.45) is -0.932. The molecule has 0 atom stereocenters. The highest BCUT2D eigenvalue weighted by molar-refractivity contribution is 5.32. The van der Waals surface area contributed by atoms with Crippen LogP contribution in [0.2, 0.25) is 0 Å². The first kappa shape index (κ1) is 16.7. The molecule has 0 aliphatic heterocycles. The van der Waals surface area contributed by atoms with E-state index in [1.165, 1.54) is 0 Å². The summed E-state index contributed by atoms with van der Waals surface area (Å²) >= 11 is 0. The number of aliphatic hydroxyl groups is 4. The van der Waals surface area contributed by atoms with Crippen molar-refractivity contribution in [3.63, 3.8) is 0 Å². The van der Waals surface area contributed by atoms with E-state index in [1.54, 1.807) is 24.3 Å². The van der Waals surface area contributed by atoms with Gasteiger partial charge in [0.15, 0.2) is 12.6 Å². The third-order valence-corrected chi connectivity index (χ3v) is 2.56. The first-order valence-electron chi connectivity index (χ1n) is 6.66. The Morgan fingerprint density at radius 3 is 1.65 bits per heavy atom. The van der Waals surface area contributed by atoms with Crippen molar-refractivity contribution in [1.82, 2.24) is 0 Å². The van der Waals surface area contributed by atoms with Crippen molar-refractivity contribution in [3.05, 3.63) is 24.3 Å². The van der Waals surface area contributed by atoms with Crippen molar-refractivity contribution in [2.75, 3.05) is 13.2 Å². The Hall–Kier alpha value is -1.34. The second kappa shape index (κ2) is 9.55. The van der Waals surface area contributed by atoms with Crippen LogP contribution in [-0.4, -0.2) is 46.2 Å². The maximum atomic E-state index is 8.70. The third-order valence-electron chi connectivity index (χ3n) is 2.56. The van der Waals surface area contributed by atoms with Gasteiger partial charge in [0.1, 0.15) is 11.5 Å². The van der Waals surface area contributed by atoms with Crippen molar-refractivity contribution < 1.29 is 29.9 Å². The fourth-order valence-corrected chi connectivity index (χ4v) is 1.57. The number of benzene rings is 1. The largest absolute Gasteiger partial charge is 0.493 e. The minimum absolute atomic E-state index is 0.277. The van der Waals surface area contributed by atoms with E-state index in [2.05, 4.69) is 0 Å². The van der Waals surface area contributed by atoms with Gasteiger partial charge >= 0.3 is 0 Å². The molecule has 0 bridgehead atoms. The van der Waals surface area contributed by atoms with Crippen LogP contribution in [0.3, 0.4) is 0 Å². The van der Waals surface area contributed by atoms with Gasteiger partial charge in [-0.1, -0.05) is 6.07 Å². The zero-order chi connectivity index (χ0) is 14.8. The number of aliphatic hydroxyl groups excluding tert-OH is 2. The Kier molecular flexibility index (Phi) is 7.98. The maximum absolute atomic E-state index is 8.70. The average Bonchev–Trinajstić information content (AvgIpc) is 2.40. The van der Waals surface area contributed by atoms with Gasteiger partial charge in [-0.3, -0.25) is 0 Å². The Morgan fingerprint density at radius 2 is 1.25 bits per heavy atom. The second-order valence-corrected chi connectivity index (χ2v) is 4.42. The highest BCUT2D eigenvalue weighted by atomic mass is 16.5. The zero-order valence-electron chi connectivity index (χ0n) is 11.3. The van der Waals surface area contributed by atoms with E-state index >= 15 is 0 Å². The molecule has 0 heterocycles. The number of ether oxygens (including phenoxy) is 2. The Balaban J connectivity index is 2.26. The molecule has 0 fully saturated rings. The summed E-state index contributed by atoms with van der Waals surface area (Å²) in [5.41, 5.74) is 0. The summed E-state index contributed by atoms with van der Waals surface area (Å²) in [5.74, 6) is 1.30. The smallest absolute Gasteiger partial charge is 0.151 e. The normalized spacial score (nSPS) is 11.1. The SMILES string of the molecule is OC(O)CCCOc1cccc(OCCCC(O)O)c1. The molecular formula is C14H22O6. The lowest BCUT2D eigenvalue weighted by molar-refractivity contribution is -0.0484. The second-order valence-electron chi connectivity index (χ2n) is 4.42. The minimum Gasteiger partial charge on any atom is -0.493 e. The molecular weight excluding hydrogens is 264 g/mol. The van der Waals surface area contributed by atoms with Gasteiger partial charge in [-0.25, -0.2) is 0 Å². The first-order chi connectivity index (χ1) is 9.58. The van der Waals surface area contributed by atoms with Gasteiger partial charge in [0.2, 0.25) is 0 Å². The lowest BCUT2D eigenvalue weighted by atomic mass is 10.3. The van der Waals surface area contributed by atoms with Gasteiger partial charge in [0, 0.05) is 18.9 Å². The van der Waals surface area contributed by atoms with Gasteiger partial charge in [0.05, 0.1) is 13.2 Å². The quantitative estimate of drug-likeness (QED) is 0.372. The summed E-state index contributed by atoms with van der Waals surface area (Å²) in [5, 5.41) is 34.8. The molecule has 6 nitrogen and oxygen atoms in total. The molecule has 114 valence electrons. The molecule has 0 spiro atoms. The predicted molar refractivity (Wildman–Crippen MR) is 72.4 cm³/mol. The zero-order valence-corrected chi connectivity index (χ0v) is 11.3. The van der Waals surface area contributed by atoms with E-state index < -0.39 is 12.6 Å². The van der Waals surface area contributed by atoms with Crippen molar-refractivity contribution in [2.24, 2.45) is 0 Å². The lowest BCUT2D eigenvalue weighted by Crippen LogP contribution is -2.08. The van der Waals surface area contributed by atoms with Crippen LogP contribution in [0.4, 0.5) is 0 Å². The molecule has 0 amide bonds. The molecule has 4 N–H and O–H groups in total. The average molecular weight is 286 g/mol. The number of hydrogen-bond acceptors (Lipinski definition) is 6. The third kappa shape index (κ3) is 7.96. The van der Waals surface area contributed by atoms with Crippen LogP contribution in [0.15, 0.2) is 24.3 Å². The van der Waals surface area contributed by atoms with Crippen LogP contribution < -0.4 is 9.47 Å². The van der Waals surface area contributed by atoms with Crippen molar-refractivity contribution in [2.45, 2.75) is 38.3 Å². The molecule has 0 aliphatic carbocycles. The van der Waals surface area contributed by atoms with Crippen LogP contribution in [0.25, 0.3) is 0 Å². The molecule has 0 aliphatic rings. The summed E-state index contributed by atoms with van der Waals surface area (Å²) in [4.78, 5) is 0. The minimum atomic E-state index is -1.30. The van der Waals surface area contributed by atoms with E-state index in [0.29, 0.717) is 37.6 Å². The molecule has 1 aromatic carbocycles. The molecule has 0 saturated heterocycles. The van der Waals surface area contributed by atoms with E-state index in [-0.39, 0.29) is 12.8 Å². The molecule has 6 heteroatoms. The van der Waals surface area contributed by atoms with E-state index in [0.717, 1.165) is 0 Å².